The van der Waals surface area contributed by atoms with E-state index in [9.17, 15) is 8.42 Å². The molecule has 5 heteroatoms. The summed E-state index contributed by atoms with van der Waals surface area (Å²) >= 11 is 0. The quantitative estimate of drug-likeness (QED) is 0.865. The van der Waals surface area contributed by atoms with Crippen LogP contribution < -0.4 is 4.72 Å². The Hall–Kier alpha value is -0.130. The first-order chi connectivity index (χ1) is 10.1. The highest BCUT2D eigenvalue weighted by Gasteiger charge is 2.49. The summed E-state index contributed by atoms with van der Waals surface area (Å²) in [7, 11) is -3.13. The highest BCUT2D eigenvalue weighted by Crippen LogP contribution is 2.53. The number of ether oxygens (including phenoxy) is 1. The van der Waals surface area contributed by atoms with E-state index >= 15 is 0 Å². The smallest absolute Gasteiger partial charge is 0.212 e. The summed E-state index contributed by atoms with van der Waals surface area (Å²) in [6.07, 6.45) is 8.24. The van der Waals surface area contributed by atoms with Crippen molar-refractivity contribution >= 4 is 10.0 Å². The molecule has 0 atom stereocenters. The molecule has 1 heterocycles. The van der Waals surface area contributed by atoms with Gasteiger partial charge in [-0.25, -0.2) is 13.1 Å². The largest absolute Gasteiger partial charge is 0.381 e. The second kappa shape index (κ2) is 5.50. The van der Waals surface area contributed by atoms with Crippen LogP contribution in [0.3, 0.4) is 0 Å². The average molecular weight is 313 g/mol. The summed E-state index contributed by atoms with van der Waals surface area (Å²) in [5, 5.41) is 0. The van der Waals surface area contributed by atoms with Crippen LogP contribution in [0.25, 0.3) is 0 Å². The van der Waals surface area contributed by atoms with Crippen molar-refractivity contribution in [2.45, 2.75) is 51.0 Å². The molecule has 1 N–H and O–H groups in total. The lowest BCUT2D eigenvalue weighted by Crippen LogP contribution is -2.56. The summed E-state index contributed by atoms with van der Waals surface area (Å²) in [5.41, 5.74) is 0. The zero-order valence-electron chi connectivity index (χ0n) is 12.7. The van der Waals surface area contributed by atoms with Gasteiger partial charge in [0.15, 0.2) is 0 Å². The highest BCUT2D eigenvalue weighted by molar-refractivity contribution is 7.89. The number of rotatable bonds is 4. The predicted octanol–water partition coefficient (Wildman–Crippen LogP) is 2.16. The lowest BCUT2D eigenvalue weighted by molar-refractivity contribution is -0.00567. The Balaban J connectivity index is 1.40. The molecule has 4 saturated carbocycles. The van der Waals surface area contributed by atoms with Gasteiger partial charge in [-0.1, -0.05) is 0 Å². The number of nitrogens with one attached hydrogen (secondary N) is 1. The minimum atomic E-state index is -3.13. The summed E-state index contributed by atoms with van der Waals surface area (Å²) in [4.78, 5) is 0. The minimum Gasteiger partial charge on any atom is -0.381 e. The van der Waals surface area contributed by atoms with Gasteiger partial charge >= 0.3 is 0 Å². The fourth-order valence-electron chi connectivity index (χ4n) is 5.60. The molecule has 1 aliphatic heterocycles. The fourth-order valence-corrected chi connectivity index (χ4v) is 7.45. The molecule has 4 bridgehead atoms. The topological polar surface area (TPSA) is 55.4 Å². The van der Waals surface area contributed by atoms with E-state index in [4.69, 9.17) is 4.74 Å². The van der Waals surface area contributed by atoms with Crippen molar-refractivity contribution in [2.24, 2.45) is 29.6 Å². The lowest BCUT2D eigenvalue weighted by atomic mass is 9.54. The van der Waals surface area contributed by atoms with Crippen molar-refractivity contribution < 1.29 is 13.2 Å². The van der Waals surface area contributed by atoms with Crippen LogP contribution in [-0.2, 0) is 14.8 Å². The maximum Gasteiger partial charge on any atom is 0.212 e. The Morgan fingerprint density at radius 2 is 1.48 bits per heavy atom. The van der Waals surface area contributed by atoms with E-state index in [1.165, 1.54) is 32.1 Å². The molecule has 0 spiro atoms. The second-order valence-corrected chi connectivity index (χ2v) is 9.71. The third-order valence-electron chi connectivity index (χ3n) is 6.34. The number of sulfonamides is 1. The van der Waals surface area contributed by atoms with Gasteiger partial charge in [-0.3, -0.25) is 0 Å². The minimum absolute atomic E-state index is 0.239. The van der Waals surface area contributed by atoms with Crippen LogP contribution in [0.1, 0.15) is 44.9 Å². The van der Waals surface area contributed by atoms with Gasteiger partial charge < -0.3 is 4.74 Å². The van der Waals surface area contributed by atoms with Crippen LogP contribution in [0.5, 0.6) is 0 Å². The molecule has 21 heavy (non-hydrogen) atoms. The molecule has 0 aromatic rings. The zero-order valence-corrected chi connectivity index (χ0v) is 13.5. The molecule has 1 saturated heterocycles. The molecule has 0 unspecified atom stereocenters. The van der Waals surface area contributed by atoms with Crippen LogP contribution in [0.15, 0.2) is 0 Å². The number of hydrogen-bond donors (Lipinski definition) is 1. The highest BCUT2D eigenvalue weighted by atomic mass is 32.2. The maximum atomic E-state index is 12.5. The van der Waals surface area contributed by atoms with Gasteiger partial charge in [0.2, 0.25) is 10.0 Å². The Morgan fingerprint density at radius 1 is 0.905 bits per heavy atom. The summed E-state index contributed by atoms with van der Waals surface area (Å²) < 4.78 is 33.5. The van der Waals surface area contributed by atoms with E-state index in [1.807, 2.05) is 0 Å². The monoisotopic (exact) mass is 313 g/mol. The molecule has 120 valence electrons. The van der Waals surface area contributed by atoms with Crippen LogP contribution in [0.4, 0.5) is 0 Å². The van der Waals surface area contributed by atoms with Gasteiger partial charge in [0.25, 0.3) is 0 Å². The molecule has 5 rings (SSSR count). The summed E-state index contributed by atoms with van der Waals surface area (Å²) in [6, 6.07) is 0.239. The van der Waals surface area contributed by atoms with E-state index in [0.29, 0.717) is 17.6 Å². The fraction of sp³-hybridized carbons (Fsp3) is 1.00. The average Bonchev–Trinajstić information content (AvgIpc) is 2.43. The molecule has 0 aromatic heterocycles. The van der Waals surface area contributed by atoms with Gasteiger partial charge in [0.05, 0.1) is 5.75 Å². The van der Waals surface area contributed by atoms with Crippen molar-refractivity contribution in [3.05, 3.63) is 0 Å². The Labute approximate surface area is 128 Å². The third-order valence-corrected chi connectivity index (χ3v) is 7.88. The normalized spacial score (nSPS) is 43.3. The first kappa shape index (κ1) is 14.5. The second-order valence-electron chi connectivity index (χ2n) is 7.91. The van der Waals surface area contributed by atoms with E-state index < -0.39 is 10.0 Å². The molecular formula is C16H27NO3S. The van der Waals surface area contributed by atoms with E-state index in [2.05, 4.69) is 4.72 Å². The van der Waals surface area contributed by atoms with Gasteiger partial charge in [0, 0.05) is 19.3 Å². The molecule has 4 nitrogen and oxygen atoms in total. The van der Waals surface area contributed by atoms with Crippen LogP contribution in [-0.4, -0.2) is 33.4 Å². The van der Waals surface area contributed by atoms with Crippen molar-refractivity contribution in [1.82, 2.24) is 4.72 Å². The van der Waals surface area contributed by atoms with Crippen LogP contribution in [0, 0.1) is 29.6 Å². The summed E-state index contributed by atoms with van der Waals surface area (Å²) in [5.74, 6) is 3.61. The molecule has 5 aliphatic rings. The summed E-state index contributed by atoms with van der Waals surface area (Å²) in [6.45, 7) is 1.44. The Kier molecular flexibility index (Phi) is 3.79. The maximum absolute atomic E-state index is 12.5. The molecule has 0 radical (unpaired) electrons. The zero-order chi connectivity index (χ0) is 14.4. The first-order valence-corrected chi connectivity index (χ1v) is 10.3. The molecular weight excluding hydrogens is 286 g/mol. The van der Waals surface area contributed by atoms with Crippen molar-refractivity contribution in [1.29, 1.82) is 0 Å². The molecule has 4 aliphatic carbocycles. The SMILES string of the molecule is O=S(=O)(CC1CCOCC1)NC1C2CC3CC(C2)CC1C3. The third kappa shape index (κ3) is 3.02. The van der Waals surface area contributed by atoms with Crippen LogP contribution >= 0.6 is 0 Å². The van der Waals surface area contributed by atoms with Gasteiger partial charge in [0.1, 0.15) is 0 Å². The van der Waals surface area contributed by atoms with Gasteiger partial charge in [-0.2, -0.15) is 0 Å². The first-order valence-electron chi connectivity index (χ1n) is 8.67. The molecule has 0 amide bonds. The van der Waals surface area contributed by atoms with Crippen molar-refractivity contribution in [2.75, 3.05) is 19.0 Å². The van der Waals surface area contributed by atoms with Crippen molar-refractivity contribution in [3.8, 4) is 0 Å². The lowest BCUT2D eigenvalue weighted by Gasteiger charge is -2.54. The van der Waals surface area contributed by atoms with Crippen molar-refractivity contribution in [3.63, 3.8) is 0 Å². The Bertz CT molecular complexity index is 456. The van der Waals surface area contributed by atoms with E-state index in [1.54, 1.807) is 0 Å². The number of hydrogen-bond acceptors (Lipinski definition) is 3. The molecule has 5 fully saturated rings. The van der Waals surface area contributed by atoms with E-state index in [-0.39, 0.29) is 12.0 Å². The van der Waals surface area contributed by atoms with Crippen LogP contribution in [0.2, 0.25) is 0 Å². The molecule has 0 aromatic carbocycles. The predicted molar refractivity (Wildman–Crippen MR) is 81.3 cm³/mol. The van der Waals surface area contributed by atoms with Gasteiger partial charge in [-0.15, -0.1) is 0 Å². The Morgan fingerprint density at radius 3 is 2.05 bits per heavy atom. The van der Waals surface area contributed by atoms with E-state index in [0.717, 1.165) is 37.9 Å². The standard InChI is InChI=1S/C16H27NO3S/c18-21(19,10-11-1-3-20-4-2-11)17-16-14-6-12-5-13(8-14)9-15(16)7-12/h11-17H,1-10H2. The van der Waals surface area contributed by atoms with Gasteiger partial charge in [-0.05, 0) is 74.5 Å².